The fourth-order valence-electron chi connectivity index (χ4n) is 5.18. The molecule has 0 aromatic heterocycles. The Bertz CT molecular complexity index is 1710. The molecule has 0 aliphatic carbocycles. The van der Waals surface area contributed by atoms with Crippen molar-refractivity contribution >= 4 is 11.8 Å². The number of hydrogen-bond acceptors (Lipinski definition) is 6. The number of aliphatic hydroxyl groups is 1. The van der Waals surface area contributed by atoms with Crippen molar-refractivity contribution in [3.8, 4) is 5.75 Å². The number of nitrogens with zero attached hydrogens (tertiary/aromatic N) is 4. The quantitative estimate of drug-likeness (QED) is 0.0790. The number of benzene rings is 4. The number of halogens is 2. The second-order valence-electron chi connectivity index (χ2n) is 10.5. The lowest BCUT2D eigenvalue weighted by Crippen LogP contribution is -2.49. The molecule has 0 unspecified atom stereocenters. The zero-order chi connectivity index (χ0) is 31.6. The first-order valence-corrected chi connectivity index (χ1v) is 14.4. The minimum atomic E-state index is -1.54. The smallest absolute Gasteiger partial charge is 0.252 e. The molecule has 45 heavy (non-hydrogen) atoms. The van der Waals surface area contributed by atoms with E-state index in [1.807, 2.05) is 54.6 Å². The Labute approximate surface area is 258 Å². The molecule has 1 heterocycles. The Balaban J connectivity index is 1.58. The normalized spacial score (nSPS) is 17.1. The van der Waals surface area contributed by atoms with Crippen molar-refractivity contribution in [3.05, 3.63) is 147 Å². The molecule has 0 fully saturated rings. The van der Waals surface area contributed by atoms with Gasteiger partial charge in [-0.05, 0) is 64.2 Å². The lowest BCUT2D eigenvalue weighted by atomic mass is 9.81. The fourth-order valence-corrected chi connectivity index (χ4v) is 5.18. The number of ether oxygens (including phenoxy) is 2. The number of aliphatic hydroxyl groups excluding tert-OH is 1. The number of amides is 1. The standard InChI is InChI=1S/C34H31F2N5O4/c35-29-16-11-23(19-30(29)36)21-38-33(43)34(20-26-9-4-5-10-27(26)22-39-41-37)31(24-7-2-1-3-8-24)45-32(40-34)25-12-14-28(15-13-25)44-18-6-17-42/h1-5,7-16,19,31,42H,6,17-18,20-22H2,(H,38,43)/t31-,34-/m1/s1. The van der Waals surface area contributed by atoms with E-state index in [0.29, 0.717) is 35.5 Å². The summed E-state index contributed by atoms with van der Waals surface area (Å²) in [7, 11) is 0. The van der Waals surface area contributed by atoms with Crippen LogP contribution < -0.4 is 10.1 Å². The van der Waals surface area contributed by atoms with Crippen molar-refractivity contribution in [2.75, 3.05) is 13.2 Å². The van der Waals surface area contributed by atoms with Crippen molar-refractivity contribution in [3.63, 3.8) is 0 Å². The molecule has 230 valence electrons. The zero-order valence-corrected chi connectivity index (χ0v) is 24.3. The second kappa shape index (κ2) is 14.5. The van der Waals surface area contributed by atoms with Gasteiger partial charge >= 0.3 is 0 Å². The van der Waals surface area contributed by atoms with Gasteiger partial charge in [-0.2, -0.15) is 0 Å². The van der Waals surface area contributed by atoms with E-state index >= 15 is 0 Å². The molecule has 1 aliphatic heterocycles. The molecule has 0 saturated carbocycles. The summed E-state index contributed by atoms with van der Waals surface area (Å²) in [5.74, 6) is -1.64. The summed E-state index contributed by atoms with van der Waals surface area (Å²) in [6.45, 7) is 0.379. The summed E-state index contributed by atoms with van der Waals surface area (Å²) in [5.41, 5.74) is 10.6. The second-order valence-corrected chi connectivity index (χ2v) is 10.5. The Morgan fingerprint density at radius 2 is 1.73 bits per heavy atom. The van der Waals surface area contributed by atoms with Gasteiger partial charge in [-0.3, -0.25) is 4.79 Å². The Hall–Kier alpha value is -5.25. The van der Waals surface area contributed by atoms with E-state index < -0.39 is 29.2 Å². The van der Waals surface area contributed by atoms with E-state index in [0.717, 1.165) is 23.3 Å². The van der Waals surface area contributed by atoms with Gasteiger partial charge in [0.2, 0.25) is 5.90 Å². The maximum Gasteiger partial charge on any atom is 0.252 e. The Kier molecular flexibility index (Phi) is 10.0. The molecule has 9 nitrogen and oxygen atoms in total. The average molecular weight is 612 g/mol. The molecule has 11 heteroatoms. The molecule has 0 radical (unpaired) electrons. The number of nitrogens with one attached hydrogen (secondary N) is 1. The fraction of sp³-hybridized carbons (Fsp3) is 0.235. The molecule has 5 rings (SSSR count). The van der Waals surface area contributed by atoms with Crippen molar-refractivity contribution in [1.82, 2.24) is 5.32 Å². The SMILES string of the molecule is [N-]=[N+]=NCc1ccccc1C[C@@]1(C(=O)NCc2ccc(F)c(F)c2)N=C(c2ccc(OCCCO)cc2)O[C@@H]1c1ccccc1. The molecule has 0 spiro atoms. The molecule has 0 saturated heterocycles. The average Bonchev–Trinajstić information content (AvgIpc) is 3.46. The summed E-state index contributed by atoms with van der Waals surface area (Å²) in [5, 5.41) is 15.7. The van der Waals surface area contributed by atoms with Gasteiger partial charge in [-0.1, -0.05) is 65.8 Å². The number of hydrogen-bond donors (Lipinski definition) is 2. The Morgan fingerprint density at radius 1 is 1.00 bits per heavy atom. The number of carbonyl (C=O) groups is 1. The minimum absolute atomic E-state index is 0.0237. The van der Waals surface area contributed by atoms with E-state index in [1.165, 1.54) is 6.07 Å². The third-order valence-corrected chi connectivity index (χ3v) is 7.45. The third-order valence-electron chi connectivity index (χ3n) is 7.45. The molecule has 2 N–H and O–H groups in total. The topological polar surface area (TPSA) is 129 Å². The highest BCUT2D eigenvalue weighted by Gasteiger charge is 2.53. The lowest BCUT2D eigenvalue weighted by Gasteiger charge is -2.31. The predicted molar refractivity (Wildman–Crippen MR) is 164 cm³/mol. The van der Waals surface area contributed by atoms with Gasteiger partial charge in [-0.25, -0.2) is 13.8 Å². The molecule has 1 aliphatic rings. The minimum Gasteiger partial charge on any atom is -0.494 e. The van der Waals surface area contributed by atoms with Crippen LogP contribution in [0, 0.1) is 11.6 Å². The molecule has 4 aromatic carbocycles. The third kappa shape index (κ3) is 7.29. The lowest BCUT2D eigenvalue weighted by molar-refractivity contribution is -0.129. The highest BCUT2D eigenvalue weighted by Crippen LogP contribution is 2.43. The van der Waals surface area contributed by atoms with E-state index in [4.69, 9.17) is 25.1 Å². The van der Waals surface area contributed by atoms with Crippen LogP contribution in [0.1, 0.15) is 40.3 Å². The van der Waals surface area contributed by atoms with Crippen LogP contribution in [0.2, 0.25) is 0 Å². The van der Waals surface area contributed by atoms with Gasteiger partial charge in [0.25, 0.3) is 5.91 Å². The number of aliphatic imine (C=N–C) groups is 1. The van der Waals surface area contributed by atoms with E-state index in [-0.39, 0.29) is 32.0 Å². The van der Waals surface area contributed by atoms with Gasteiger partial charge in [-0.15, -0.1) is 0 Å². The zero-order valence-electron chi connectivity index (χ0n) is 24.3. The molecule has 1 amide bonds. The van der Waals surface area contributed by atoms with Crippen LogP contribution in [-0.2, 0) is 29.0 Å². The van der Waals surface area contributed by atoms with Crippen molar-refractivity contribution < 1.29 is 28.2 Å². The van der Waals surface area contributed by atoms with Crippen LogP contribution in [0.4, 0.5) is 8.78 Å². The van der Waals surface area contributed by atoms with Gasteiger partial charge in [0.1, 0.15) is 5.75 Å². The van der Waals surface area contributed by atoms with Crippen LogP contribution in [0.15, 0.2) is 107 Å². The van der Waals surface area contributed by atoms with Crippen LogP contribution in [0.25, 0.3) is 10.4 Å². The Morgan fingerprint density at radius 3 is 2.44 bits per heavy atom. The van der Waals surface area contributed by atoms with E-state index in [1.54, 1.807) is 24.3 Å². The largest absolute Gasteiger partial charge is 0.494 e. The van der Waals surface area contributed by atoms with E-state index in [9.17, 15) is 13.6 Å². The summed E-state index contributed by atoms with van der Waals surface area (Å²) in [6.07, 6.45) is -0.287. The maximum atomic E-state index is 14.4. The van der Waals surface area contributed by atoms with Gasteiger partial charge < -0.3 is 19.9 Å². The number of carbonyl (C=O) groups excluding carboxylic acids is 1. The number of azide groups is 1. The van der Waals surface area contributed by atoms with Gasteiger partial charge in [0, 0.05) is 36.5 Å². The monoisotopic (exact) mass is 611 g/mol. The van der Waals surface area contributed by atoms with E-state index in [2.05, 4.69) is 15.3 Å². The summed E-state index contributed by atoms with van der Waals surface area (Å²) in [4.78, 5) is 22.3. The van der Waals surface area contributed by atoms with Crippen LogP contribution in [0.3, 0.4) is 0 Å². The van der Waals surface area contributed by atoms with Gasteiger partial charge in [0.05, 0.1) is 13.2 Å². The summed E-state index contributed by atoms with van der Waals surface area (Å²) < 4.78 is 39.7. The number of rotatable bonds is 13. The molecule has 4 aromatic rings. The molecular formula is C34H31F2N5O4. The van der Waals surface area contributed by atoms with Crippen molar-refractivity contribution in [2.45, 2.75) is 37.6 Å². The molecule has 0 bridgehead atoms. The predicted octanol–water partition coefficient (Wildman–Crippen LogP) is 6.35. The van der Waals surface area contributed by atoms with Crippen molar-refractivity contribution in [2.24, 2.45) is 10.1 Å². The van der Waals surface area contributed by atoms with Gasteiger partial charge in [0.15, 0.2) is 23.3 Å². The first-order chi connectivity index (χ1) is 21.9. The van der Waals surface area contributed by atoms with Crippen LogP contribution >= 0.6 is 0 Å². The maximum absolute atomic E-state index is 14.4. The first kappa shape index (κ1) is 31.2. The summed E-state index contributed by atoms with van der Waals surface area (Å²) in [6, 6.07) is 27.1. The highest BCUT2D eigenvalue weighted by atomic mass is 19.2. The first-order valence-electron chi connectivity index (χ1n) is 14.4. The van der Waals surface area contributed by atoms with Crippen LogP contribution in [-0.4, -0.2) is 35.7 Å². The summed E-state index contributed by atoms with van der Waals surface area (Å²) >= 11 is 0. The van der Waals surface area contributed by atoms with Crippen molar-refractivity contribution in [1.29, 1.82) is 0 Å². The molecular weight excluding hydrogens is 580 g/mol. The molecule has 2 atom stereocenters. The highest BCUT2D eigenvalue weighted by molar-refractivity contribution is 6.01. The van der Waals surface area contributed by atoms with Crippen LogP contribution in [0.5, 0.6) is 5.75 Å².